The van der Waals surface area contributed by atoms with Crippen molar-refractivity contribution in [2.75, 3.05) is 20.8 Å². The molecule has 1 rings (SSSR count). The fourth-order valence-corrected chi connectivity index (χ4v) is 1.06. The number of nitrogens with one attached hydrogen (secondary N) is 1. The van der Waals surface area contributed by atoms with Gasteiger partial charge in [0.2, 0.25) is 5.78 Å². The summed E-state index contributed by atoms with van der Waals surface area (Å²) in [6.07, 6.45) is 0.474. The first-order valence-electron chi connectivity index (χ1n) is 3.14. The summed E-state index contributed by atoms with van der Waals surface area (Å²) in [5.74, 6) is -1.20. The van der Waals surface area contributed by atoms with Crippen LogP contribution in [0.4, 0.5) is 0 Å². The van der Waals surface area contributed by atoms with Crippen LogP contribution in [0.15, 0.2) is 0 Å². The third-order valence-electron chi connectivity index (χ3n) is 1.65. The molecule has 0 aromatic heterocycles. The molecule has 1 N–H and O–H groups in total. The Kier molecular flexibility index (Phi) is 2.03. The van der Waals surface area contributed by atoms with Crippen LogP contribution in [0.2, 0.25) is 0 Å². The number of hydrogen-bond donors (Lipinski definition) is 1. The number of ketones is 1. The highest BCUT2D eigenvalue weighted by Crippen LogP contribution is 2.15. The maximum absolute atomic E-state index is 11.0. The van der Waals surface area contributed by atoms with Crippen LogP contribution in [0.3, 0.4) is 0 Å². The lowest BCUT2D eigenvalue weighted by Gasteiger charge is -2.23. The molecule has 1 heterocycles. The van der Waals surface area contributed by atoms with Gasteiger partial charge in [-0.25, -0.2) is 0 Å². The molecule has 4 heteroatoms. The first-order valence-corrected chi connectivity index (χ1v) is 3.14. The molecule has 0 bridgehead atoms. The minimum absolute atomic E-state index is 0.0440. The van der Waals surface area contributed by atoms with E-state index in [1.165, 1.54) is 14.2 Å². The largest absolute Gasteiger partial charge is 0.335 e. The Morgan fingerprint density at radius 3 is 2.30 bits per heavy atom. The number of methoxy groups -OCH3 is 2. The van der Waals surface area contributed by atoms with Crippen LogP contribution in [0.1, 0.15) is 6.42 Å². The minimum atomic E-state index is -1.15. The van der Waals surface area contributed by atoms with Gasteiger partial charge in [-0.1, -0.05) is 0 Å². The van der Waals surface area contributed by atoms with E-state index < -0.39 is 5.91 Å². The zero-order valence-corrected chi connectivity index (χ0v) is 6.14. The Morgan fingerprint density at radius 1 is 1.50 bits per heavy atom. The van der Waals surface area contributed by atoms with Gasteiger partial charge < -0.3 is 9.47 Å². The summed E-state index contributed by atoms with van der Waals surface area (Å²) in [7, 11) is 2.89. The summed E-state index contributed by atoms with van der Waals surface area (Å²) in [6, 6.07) is 0. The van der Waals surface area contributed by atoms with Crippen molar-refractivity contribution in [1.29, 1.82) is 0 Å². The van der Waals surface area contributed by atoms with Gasteiger partial charge >= 0.3 is 0 Å². The highest BCUT2D eigenvalue weighted by molar-refractivity contribution is 5.87. The van der Waals surface area contributed by atoms with Gasteiger partial charge in [0.1, 0.15) is 0 Å². The number of Topliss-reactive ketones (excluding diaryl/α,β-unsaturated/α-hetero) is 1. The molecule has 0 radical (unpaired) electrons. The second kappa shape index (κ2) is 2.65. The third-order valence-corrected chi connectivity index (χ3v) is 1.65. The van der Waals surface area contributed by atoms with Crippen molar-refractivity contribution in [1.82, 2.24) is 5.32 Å². The Balaban J connectivity index is 2.71. The number of carbonyl (C=O) groups is 1. The maximum atomic E-state index is 11.0. The molecule has 1 aliphatic rings. The number of rotatable bonds is 2. The molecule has 0 saturated carbocycles. The van der Waals surface area contributed by atoms with Crippen LogP contribution in [0.5, 0.6) is 0 Å². The molecule has 58 valence electrons. The first-order chi connectivity index (χ1) is 4.75. The normalized spacial score (nSPS) is 23.6. The fraction of sp³-hybridized carbons (Fsp3) is 0.833. The van der Waals surface area contributed by atoms with Gasteiger partial charge in [0, 0.05) is 27.2 Å². The van der Waals surface area contributed by atoms with Crippen LogP contribution in [0, 0.1) is 0 Å². The lowest BCUT2D eigenvalue weighted by atomic mass is 10.3. The highest BCUT2D eigenvalue weighted by atomic mass is 16.7. The molecule has 10 heavy (non-hydrogen) atoms. The smallest absolute Gasteiger partial charge is 0.289 e. The van der Waals surface area contributed by atoms with Gasteiger partial charge in [-0.3, -0.25) is 10.1 Å². The predicted molar refractivity (Wildman–Crippen MR) is 34.4 cm³/mol. The average molecular weight is 145 g/mol. The van der Waals surface area contributed by atoms with Crippen LogP contribution < -0.4 is 5.32 Å². The summed E-state index contributed by atoms with van der Waals surface area (Å²) in [4.78, 5) is 11.0. The van der Waals surface area contributed by atoms with Crippen LogP contribution in [-0.2, 0) is 14.3 Å². The van der Waals surface area contributed by atoms with Crippen molar-refractivity contribution in [2.24, 2.45) is 0 Å². The molecule has 1 fully saturated rings. The van der Waals surface area contributed by atoms with E-state index in [4.69, 9.17) is 9.47 Å². The van der Waals surface area contributed by atoms with Crippen molar-refractivity contribution in [2.45, 2.75) is 12.3 Å². The standard InChI is InChI=1S/C6H11NO3/c1-9-6(10-2)5(8)3-4-7-6/h7H,3-4H2,1-2H3. The molecule has 0 spiro atoms. The van der Waals surface area contributed by atoms with Crippen molar-refractivity contribution >= 4 is 5.78 Å². The quantitative estimate of drug-likeness (QED) is 0.532. The second-order valence-electron chi connectivity index (χ2n) is 2.12. The van der Waals surface area contributed by atoms with E-state index in [0.717, 1.165) is 0 Å². The highest BCUT2D eigenvalue weighted by Gasteiger charge is 2.42. The molecule has 1 aliphatic heterocycles. The van der Waals surface area contributed by atoms with Gasteiger partial charge in [0.05, 0.1) is 0 Å². The summed E-state index contributed by atoms with van der Waals surface area (Å²) in [6.45, 7) is 0.626. The molecular formula is C6H11NO3. The van der Waals surface area contributed by atoms with Gasteiger partial charge in [0.25, 0.3) is 5.91 Å². The molecule has 4 nitrogen and oxygen atoms in total. The molecule has 0 amide bonds. The SMILES string of the molecule is COC1(OC)NCCC1=O. The molecule has 0 aliphatic carbocycles. The minimum Gasteiger partial charge on any atom is -0.335 e. The Labute approximate surface area is 59.5 Å². The summed E-state index contributed by atoms with van der Waals surface area (Å²) >= 11 is 0. The molecule has 0 aromatic carbocycles. The van der Waals surface area contributed by atoms with Crippen LogP contribution >= 0.6 is 0 Å². The number of ether oxygens (including phenoxy) is 2. The molecular weight excluding hydrogens is 134 g/mol. The number of carbonyl (C=O) groups excluding carboxylic acids is 1. The van der Waals surface area contributed by atoms with E-state index in [1.807, 2.05) is 0 Å². The van der Waals surface area contributed by atoms with Crippen molar-refractivity contribution in [3.8, 4) is 0 Å². The van der Waals surface area contributed by atoms with Crippen LogP contribution in [-0.4, -0.2) is 32.5 Å². The zero-order chi connectivity index (χ0) is 7.61. The topological polar surface area (TPSA) is 47.6 Å². The molecule has 0 unspecified atom stereocenters. The zero-order valence-electron chi connectivity index (χ0n) is 6.14. The second-order valence-corrected chi connectivity index (χ2v) is 2.12. The lowest BCUT2D eigenvalue weighted by molar-refractivity contribution is -0.211. The molecule has 0 aromatic rings. The summed E-state index contributed by atoms with van der Waals surface area (Å²) < 4.78 is 9.75. The Bertz CT molecular complexity index is 142. The van der Waals surface area contributed by atoms with Crippen molar-refractivity contribution in [3.63, 3.8) is 0 Å². The monoisotopic (exact) mass is 145 g/mol. The Hall–Kier alpha value is -0.450. The van der Waals surface area contributed by atoms with Crippen LogP contribution in [0.25, 0.3) is 0 Å². The predicted octanol–water partition coefficient (Wildman–Crippen LogP) is -0.505. The van der Waals surface area contributed by atoms with E-state index >= 15 is 0 Å². The van der Waals surface area contributed by atoms with Gasteiger partial charge in [-0.2, -0.15) is 0 Å². The van der Waals surface area contributed by atoms with E-state index in [-0.39, 0.29) is 5.78 Å². The average Bonchev–Trinajstić information content (AvgIpc) is 2.32. The van der Waals surface area contributed by atoms with E-state index in [1.54, 1.807) is 0 Å². The summed E-state index contributed by atoms with van der Waals surface area (Å²) in [5, 5.41) is 2.83. The number of hydrogen-bond acceptors (Lipinski definition) is 4. The molecule has 1 saturated heterocycles. The summed E-state index contributed by atoms with van der Waals surface area (Å²) in [5.41, 5.74) is 0. The first kappa shape index (κ1) is 7.65. The fourth-order valence-electron chi connectivity index (χ4n) is 1.06. The maximum Gasteiger partial charge on any atom is 0.289 e. The van der Waals surface area contributed by atoms with E-state index in [2.05, 4.69) is 5.32 Å². The van der Waals surface area contributed by atoms with E-state index in [9.17, 15) is 4.79 Å². The van der Waals surface area contributed by atoms with E-state index in [0.29, 0.717) is 13.0 Å². The van der Waals surface area contributed by atoms with Gasteiger partial charge in [0.15, 0.2) is 0 Å². The van der Waals surface area contributed by atoms with Gasteiger partial charge in [-0.05, 0) is 0 Å². The van der Waals surface area contributed by atoms with Crippen molar-refractivity contribution < 1.29 is 14.3 Å². The lowest BCUT2D eigenvalue weighted by Crippen LogP contribution is -2.48. The third kappa shape index (κ3) is 0.941. The van der Waals surface area contributed by atoms with Crippen molar-refractivity contribution in [3.05, 3.63) is 0 Å². The Morgan fingerprint density at radius 2 is 2.10 bits per heavy atom. The van der Waals surface area contributed by atoms with Gasteiger partial charge in [-0.15, -0.1) is 0 Å². The molecule has 0 atom stereocenters.